The standard InChI is InChI=1S/C21H24N2O4S/c1-13-5-7-17(11-15(13)3)22-21(25)19-9-10-20(24)23(19)28(26,27)18-8-6-14(2)16(4)12-18/h5-8,11-12,19H,9-10H2,1-4H3,(H,22,25). The molecule has 0 aromatic heterocycles. The van der Waals surface area contributed by atoms with Gasteiger partial charge < -0.3 is 5.32 Å². The second-order valence-electron chi connectivity index (χ2n) is 7.28. The van der Waals surface area contributed by atoms with Crippen LogP contribution in [0.4, 0.5) is 5.69 Å². The molecular formula is C21H24N2O4S. The van der Waals surface area contributed by atoms with Gasteiger partial charge in [0, 0.05) is 12.1 Å². The molecule has 0 spiro atoms. The summed E-state index contributed by atoms with van der Waals surface area (Å²) >= 11 is 0. The molecule has 0 aliphatic carbocycles. The molecule has 2 amide bonds. The van der Waals surface area contributed by atoms with Crippen LogP contribution in [0.3, 0.4) is 0 Å². The molecule has 3 rings (SSSR count). The predicted molar refractivity (Wildman–Crippen MR) is 108 cm³/mol. The number of anilines is 1. The molecule has 1 aliphatic heterocycles. The van der Waals surface area contributed by atoms with E-state index in [0.717, 1.165) is 26.6 Å². The van der Waals surface area contributed by atoms with E-state index in [1.165, 1.54) is 12.1 Å². The van der Waals surface area contributed by atoms with Crippen molar-refractivity contribution in [3.05, 3.63) is 58.7 Å². The Balaban J connectivity index is 1.90. The third kappa shape index (κ3) is 3.67. The Hall–Kier alpha value is -2.67. The molecule has 6 nitrogen and oxygen atoms in total. The molecule has 0 bridgehead atoms. The maximum atomic E-state index is 13.1. The van der Waals surface area contributed by atoms with E-state index in [4.69, 9.17) is 0 Å². The number of hydrogen-bond acceptors (Lipinski definition) is 4. The summed E-state index contributed by atoms with van der Waals surface area (Å²) in [7, 11) is -4.11. The van der Waals surface area contributed by atoms with Crippen LogP contribution in [-0.4, -0.2) is 30.6 Å². The zero-order valence-corrected chi connectivity index (χ0v) is 17.3. The highest BCUT2D eigenvalue weighted by molar-refractivity contribution is 7.89. The van der Waals surface area contributed by atoms with Crippen LogP contribution in [0, 0.1) is 27.7 Å². The Kier molecular flexibility index (Phi) is 5.30. The van der Waals surface area contributed by atoms with E-state index in [9.17, 15) is 18.0 Å². The van der Waals surface area contributed by atoms with Crippen molar-refractivity contribution in [2.24, 2.45) is 0 Å². The van der Waals surface area contributed by atoms with Gasteiger partial charge in [0.2, 0.25) is 11.8 Å². The second-order valence-corrected chi connectivity index (χ2v) is 9.10. The summed E-state index contributed by atoms with van der Waals surface area (Å²) in [6, 6.07) is 9.13. The lowest BCUT2D eigenvalue weighted by molar-refractivity contribution is -0.128. The van der Waals surface area contributed by atoms with E-state index in [0.29, 0.717) is 5.69 Å². The van der Waals surface area contributed by atoms with Gasteiger partial charge in [-0.15, -0.1) is 0 Å². The first kappa shape index (κ1) is 20.1. The molecule has 1 fully saturated rings. The molecular weight excluding hydrogens is 376 g/mol. The summed E-state index contributed by atoms with van der Waals surface area (Å²) in [6.45, 7) is 7.59. The smallest absolute Gasteiger partial charge is 0.267 e. The monoisotopic (exact) mass is 400 g/mol. The third-order valence-electron chi connectivity index (χ3n) is 5.27. The predicted octanol–water partition coefficient (Wildman–Crippen LogP) is 3.24. The van der Waals surface area contributed by atoms with E-state index in [2.05, 4.69) is 5.32 Å². The van der Waals surface area contributed by atoms with Crippen LogP contribution >= 0.6 is 0 Å². The first-order valence-electron chi connectivity index (χ1n) is 9.14. The molecule has 2 aromatic carbocycles. The lowest BCUT2D eigenvalue weighted by atomic mass is 10.1. The number of nitrogens with zero attached hydrogens (tertiary/aromatic N) is 1. The van der Waals surface area contributed by atoms with E-state index in [-0.39, 0.29) is 17.7 Å². The Labute approximate surface area is 165 Å². The van der Waals surface area contributed by atoms with Crippen LogP contribution in [0.25, 0.3) is 0 Å². The Morgan fingerprint density at radius 3 is 2.18 bits per heavy atom. The van der Waals surface area contributed by atoms with E-state index >= 15 is 0 Å². The van der Waals surface area contributed by atoms with Crippen LogP contribution in [0.15, 0.2) is 41.3 Å². The lowest BCUT2D eigenvalue weighted by Crippen LogP contribution is -2.45. The Morgan fingerprint density at radius 1 is 0.964 bits per heavy atom. The highest BCUT2D eigenvalue weighted by Gasteiger charge is 2.44. The summed E-state index contributed by atoms with van der Waals surface area (Å²) in [4.78, 5) is 25.2. The molecule has 148 valence electrons. The van der Waals surface area contributed by atoms with Gasteiger partial charge in [0.05, 0.1) is 4.90 Å². The van der Waals surface area contributed by atoms with Gasteiger partial charge in [0.15, 0.2) is 0 Å². The Bertz CT molecular complexity index is 1060. The second kappa shape index (κ2) is 7.39. The molecule has 1 N–H and O–H groups in total. The van der Waals surface area contributed by atoms with Crippen molar-refractivity contribution in [2.75, 3.05) is 5.32 Å². The molecule has 2 aromatic rings. The molecule has 1 unspecified atom stereocenters. The van der Waals surface area contributed by atoms with Crippen molar-refractivity contribution >= 4 is 27.5 Å². The van der Waals surface area contributed by atoms with Crippen molar-refractivity contribution in [3.8, 4) is 0 Å². The number of hydrogen-bond donors (Lipinski definition) is 1. The lowest BCUT2D eigenvalue weighted by Gasteiger charge is -2.24. The minimum absolute atomic E-state index is 0.0229. The molecule has 0 radical (unpaired) electrons. The first-order valence-corrected chi connectivity index (χ1v) is 10.6. The summed E-state index contributed by atoms with van der Waals surface area (Å²) in [5.41, 5.74) is 4.45. The number of rotatable bonds is 4. The maximum Gasteiger partial charge on any atom is 0.267 e. The fourth-order valence-electron chi connectivity index (χ4n) is 3.23. The van der Waals surface area contributed by atoms with Crippen LogP contribution in [0.5, 0.6) is 0 Å². The molecule has 1 aliphatic rings. The van der Waals surface area contributed by atoms with Crippen molar-refractivity contribution in [1.29, 1.82) is 0 Å². The van der Waals surface area contributed by atoms with E-state index in [1.807, 2.05) is 39.8 Å². The van der Waals surface area contributed by atoms with Crippen LogP contribution in [0.1, 0.15) is 35.1 Å². The highest BCUT2D eigenvalue weighted by Crippen LogP contribution is 2.29. The quantitative estimate of drug-likeness (QED) is 0.854. The largest absolute Gasteiger partial charge is 0.324 e. The van der Waals surface area contributed by atoms with Gasteiger partial charge in [-0.05, 0) is 80.6 Å². The van der Waals surface area contributed by atoms with Crippen LogP contribution < -0.4 is 5.32 Å². The normalized spacial score (nSPS) is 17.1. The van der Waals surface area contributed by atoms with Gasteiger partial charge in [-0.1, -0.05) is 12.1 Å². The van der Waals surface area contributed by atoms with Crippen LogP contribution in [0.2, 0.25) is 0 Å². The minimum Gasteiger partial charge on any atom is -0.324 e. The zero-order valence-electron chi connectivity index (χ0n) is 16.4. The highest BCUT2D eigenvalue weighted by atomic mass is 32.2. The van der Waals surface area contributed by atoms with Gasteiger partial charge in [0.25, 0.3) is 10.0 Å². The average Bonchev–Trinajstić information content (AvgIpc) is 3.03. The fourth-order valence-corrected chi connectivity index (χ4v) is 4.92. The number of carbonyl (C=O) groups excluding carboxylic acids is 2. The molecule has 1 heterocycles. The Morgan fingerprint density at radius 2 is 1.57 bits per heavy atom. The summed E-state index contributed by atoms with van der Waals surface area (Å²) in [6.07, 6.45) is 0.189. The molecule has 7 heteroatoms. The van der Waals surface area contributed by atoms with Gasteiger partial charge in [-0.2, -0.15) is 0 Å². The minimum atomic E-state index is -4.11. The van der Waals surface area contributed by atoms with Gasteiger partial charge in [0.1, 0.15) is 6.04 Å². The first-order chi connectivity index (χ1) is 13.1. The summed E-state index contributed by atoms with van der Waals surface area (Å²) < 4.78 is 26.9. The van der Waals surface area contributed by atoms with Gasteiger partial charge in [-0.25, -0.2) is 12.7 Å². The SMILES string of the molecule is Cc1ccc(NC(=O)C2CCC(=O)N2S(=O)(=O)c2ccc(C)c(C)c2)cc1C. The number of benzene rings is 2. The number of amides is 2. The topological polar surface area (TPSA) is 83.6 Å². The maximum absolute atomic E-state index is 13.1. The molecule has 1 atom stereocenters. The van der Waals surface area contributed by atoms with Crippen molar-refractivity contribution in [3.63, 3.8) is 0 Å². The average molecular weight is 401 g/mol. The zero-order chi connectivity index (χ0) is 20.6. The molecule has 1 saturated heterocycles. The van der Waals surface area contributed by atoms with Gasteiger partial charge >= 0.3 is 0 Å². The van der Waals surface area contributed by atoms with Crippen molar-refractivity contribution in [2.45, 2.75) is 51.5 Å². The number of nitrogens with one attached hydrogen (secondary N) is 1. The molecule has 28 heavy (non-hydrogen) atoms. The van der Waals surface area contributed by atoms with Crippen molar-refractivity contribution in [1.82, 2.24) is 4.31 Å². The fraction of sp³-hybridized carbons (Fsp3) is 0.333. The van der Waals surface area contributed by atoms with E-state index in [1.54, 1.807) is 12.1 Å². The molecule has 0 saturated carbocycles. The third-order valence-corrected chi connectivity index (χ3v) is 7.10. The number of sulfonamides is 1. The summed E-state index contributed by atoms with van der Waals surface area (Å²) in [5, 5.41) is 2.75. The van der Waals surface area contributed by atoms with Crippen molar-refractivity contribution < 1.29 is 18.0 Å². The van der Waals surface area contributed by atoms with Crippen LogP contribution in [-0.2, 0) is 19.6 Å². The number of aryl methyl sites for hydroxylation is 4. The number of carbonyl (C=O) groups is 2. The van der Waals surface area contributed by atoms with Gasteiger partial charge in [-0.3, -0.25) is 9.59 Å². The summed E-state index contributed by atoms with van der Waals surface area (Å²) in [5.74, 6) is -1.06. The van der Waals surface area contributed by atoms with E-state index < -0.39 is 27.9 Å².